The van der Waals surface area contributed by atoms with E-state index in [0.29, 0.717) is 0 Å². The highest BCUT2D eigenvalue weighted by molar-refractivity contribution is 5.41. The summed E-state index contributed by atoms with van der Waals surface area (Å²) in [6, 6.07) is 4.00. The van der Waals surface area contributed by atoms with E-state index in [4.69, 9.17) is 0 Å². The minimum atomic E-state index is 0.0672. The molecular weight excluding hydrogens is 224 g/mol. The molecule has 0 radical (unpaired) electrons. The highest BCUT2D eigenvalue weighted by Gasteiger charge is 2.12. The fraction of sp³-hybridized carbons (Fsp3) is 0.667. The van der Waals surface area contributed by atoms with E-state index in [1.165, 1.54) is 12.8 Å². The number of hydrogen-bond acceptors (Lipinski definition) is 3. The van der Waals surface area contributed by atoms with Crippen LogP contribution in [0.25, 0.3) is 0 Å². The summed E-state index contributed by atoms with van der Waals surface area (Å²) in [5.41, 5.74) is 1.84. The summed E-state index contributed by atoms with van der Waals surface area (Å²) in [6.45, 7) is 10.7. The van der Waals surface area contributed by atoms with E-state index in [1.807, 2.05) is 19.1 Å². The fourth-order valence-electron chi connectivity index (χ4n) is 2.16. The first kappa shape index (κ1) is 15.0. The summed E-state index contributed by atoms with van der Waals surface area (Å²) in [5.74, 6) is 1.75. The number of aliphatic hydroxyl groups is 1. The van der Waals surface area contributed by atoms with E-state index >= 15 is 0 Å². The lowest BCUT2D eigenvalue weighted by Gasteiger charge is -2.27. The van der Waals surface area contributed by atoms with Crippen LogP contribution in [0.4, 0.5) is 5.82 Å². The maximum Gasteiger partial charge on any atom is 0.128 e. The number of anilines is 1. The van der Waals surface area contributed by atoms with Crippen molar-refractivity contribution in [3.05, 3.63) is 23.4 Å². The SMILES string of the molecule is CCC(CC)CN(CC)c1ccc(CO)c(C)n1. The molecule has 0 unspecified atom stereocenters. The van der Waals surface area contributed by atoms with Gasteiger partial charge in [-0.1, -0.05) is 32.8 Å². The predicted octanol–water partition coefficient (Wildman–Crippen LogP) is 3.14. The van der Waals surface area contributed by atoms with Crippen molar-refractivity contribution in [2.24, 2.45) is 5.92 Å². The van der Waals surface area contributed by atoms with Gasteiger partial charge < -0.3 is 10.0 Å². The lowest BCUT2D eigenvalue weighted by atomic mass is 10.0. The van der Waals surface area contributed by atoms with Crippen molar-refractivity contribution in [3.8, 4) is 0 Å². The molecule has 0 aliphatic rings. The monoisotopic (exact) mass is 250 g/mol. The highest BCUT2D eigenvalue weighted by Crippen LogP contribution is 2.18. The van der Waals surface area contributed by atoms with Gasteiger partial charge in [0.05, 0.1) is 6.61 Å². The third kappa shape index (κ3) is 3.70. The summed E-state index contributed by atoms with van der Waals surface area (Å²) in [4.78, 5) is 6.93. The molecule has 0 spiro atoms. The molecule has 1 heterocycles. The zero-order chi connectivity index (χ0) is 13.5. The number of aliphatic hydroxyl groups excluding tert-OH is 1. The Labute approximate surface area is 111 Å². The van der Waals surface area contributed by atoms with Crippen LogP contribution in [-0.2, 0) is 6.61 Å². The standard InChI is InChI=1S/C15H26N2O/c1-5-13(6-2)10-17(7-3)15-9-8-14(11-18)12(4)16-15/h8-9,13,18H,5-7,10-11H2,1-4H3. The topological polar surface area (TPSA) is 36.4 Å². The van der Waals surface area contributed by atoms with Crippen molar-refractivity contribution >= 4 is 5.82 Å². The Morgan fingerprint density at radius 1 is 1.22 bits per heavy atom. The zero-order valence-corrected chi connectivity index (χ0v) is 12.1. The van der Waals surface area contributed by atoms with E-state index < -0.39 is 0 Å². The van der Waals surface area contributed by atoms with Crippen LogP contribution in [0.3, 0.4) is 0 Å². The van der Waals surface area contributed by atoms with Gasteiger partial charge in [0, 0.05) is 18.8 Å². The van der Waals surface area contributed by atoms with Crippen LogP contribution in [-0.4, -0.2) is 23.2 Å². The molecule has 1 aromatic heterocycles. The highest BCUT2D eigenvalue weighted by atomic mass is 16.3. The molecule has 1 aromatic rings. The molecule has 0 saturated carbocycles. The first-order chi connectivity index (χ1) is 8.65. The molecule has 0 fully saturated rings. The van der Waals surface area contributed by atoms with Crippen molar-refractivity contribution in [1.29, 1.82) is 0 Å². The molecule has 1 rings (SSSR count). The van der Waals surface area contributed by atoms with Gasteiger partial charge in [0.1, 0.15) is 5.82 Å². The minimum absolute atomic E-state index is 0.0672. The van der Waals surface area contributed by atoms with Gasteiger partial charge in [-0.3, -0.25) is 0 Å². The molecule has 102 valence electrons. The number of hydrogen-bond donors (Lipinski definition) is 1. The Balaban J connectivity index is 2.84. The van der Waals surface area contributed by atoms with Crippen LogP contribution in [0, 0.1) is 12.8 Å². The Bertz CT molecular complexity index is 362. The number of rotatable bonds is 7. The van der Waals surface area contributed by atoms with Gasteiger partial charge in [0.15, 0.2) is 0 Å². The van der Waals surface area contributed by atoms with E-state index in [9.17, 15) is 5.11 Å². The quantitative estimate of drug-likeness (QED) is 0.807. The fourth-order valence-corrected chi connectivity index (χ4v) is 2.16. The van der Waals surface area contributed by atoms with Gasteiger partial charge in [-0.25, -0.2) is 4.98 Å². The molecule has 0 aromatic carbocycles. The van der Waals surface area contributed by atoms with Gasteiger partial charge in [-0.15, -0.1) is 0 Å². The molecule has 1 N–H and O–H groups in total. The first-order valence-electron chi connectivity index (χ1n) is 6.98. The molecule has 0 amide bonds. The van der Waals surface area contributed by atoms with E-state index in [1.54, 1.807) is 0 Å². The first-order valence-corrected chi connectivity index (χ1v) is 6.98. The van der Waals surface area contributed by atoms with Gasteiger partial charge in [-0.2, -0.15) is 0 Å². The summed E-state index contributed by atoms with van der Waals surface area (Å²) < 4.78 is 0. The van der Waals surface area contributed by atoms with Crippen LogP contribution in [0.15, 0.2) is 12.1 Å². The minimum Gasteiger partial charge on any atom is -0.392 e. The van der Waals surface area contributed by atoms with Crippen LogP contribution >= 0.6 is 0 Å². The number of nitrogens with zero attached hydrogens (tertiary/aromatic N) is 2. The Kier molecular flexibility index (Phi) is 6.13. The van der Waals surface area contributed by atoms with Crippen LogP contribution in [0.1, 0.15) is 44.9 Å². The second-order valence-electron chi connectivity index (χ2n) is 4.79. The van der Waals surface area contributed by atoms with Crippen molar-refractivity contribution in [3.63, 3.8) is 0 Å². The maximum atomic E-state index is 9.17. The summed E-state index contributed by atoms with van der Waals surface area (Å²) >= 11 is 0. The largest absolute Gasteiger partial charge is 0.392 e. The molecule has 3 heteroatoms. The molecule has 0 saturated heterocycles. The smallest absolute Gasteiger partial charge is 0.128 e. The average molecular weight is 250 g/mol. The summed E-state index contributed by atoms with van der Waals surface area (Å²) in [6.07, 6.45) is 2.42. The molecule has 3 nitrogen and oxygen atoms in total. The molecule has 0 bridgehead atoms. The second kappa shape index (κ2) is 7.37. The Morgan fingerprint density at radius 3 is 2.33 bits per heavy atom. The van der Waals surface area contributed by atoms with E-state index in [0.717, 1.165) is 36.1 Å². The third-order valence-corrected chi connectivity index (χ3v) is 3.69. The number of aromatic nitrogens is 1. The van der Waals surface area contributed by atoms with E-state index in [2.05, 4.69) is 30.7 Å². The van der Waals surface area contributed by atoms with Crippen LogP contribution < -0.4 is 4.90 Å². The zero-order valence-electron chi connectivity index (χ0n) is 12.1. The van der Waals surface area contributed by atoms with Crippen LogP contribution in [0.5, 0.6) is 0 Å². The third-order valence-electron chi connectivity index (χ3n) is 3.69. The van der Waals surface area contributed by atoms with Gasteiger partial charge in [-0.05, 0) is 31.4 Å². The number of aryl methyl sites for hydroxylation is 1. The maximum absolute atomic E-state index is 9.17. The van der Waals surface area contributed by atoms with Crippen molar-refractivity contribution < 1.29 is 5.11 Å². The molecule has 0 aliphatic heterocycles. The van der Waals surface area contributed by atoms with Crippen molar-refractivity contribution in [1.82, 2.24) is 4.98 Å². The average Bonchev–Trinajstić information content (AvgIpc) is 2.40. The van der Waals surface area contributed by atoms with Gasteiger partial charge in [0.25, 0.3) is 0 Å². The Morgan fingerprint density at radius 2 is 1.89 bits per heavy atom. The van der Waals surface area contributed by atoms with Crippen molar-refractivity contribution in [2.45, 2.75) is 47.1 Å². The lowest BCUT2D eigenvalue weighted by molar-refractivity contribution is 0.280. The lowest BCUT2D eigenvalue weighted by Crippen LogP contribution is -2.29. The normalized spacial score (nSPS) is 11.0. The molecule has 0 atom stereocenters. The van der Waals surface area contributed by atoms with Gasteiger partial charge in [0.2, 0.25) is 0 Å². The second-order valence-corrected chi connectivity index (χ2v) is 4.79. The molecule has 18 heavy (non-hydrogen) atoms. The summed E-state index contributed by atoms with van der Waals surface area (Å²) in [5, 5.41) is 9.17. The predicted molar refractivity (Wildman–Crippen MR) is 76.9 cm³/mol. The summed E-state index contributed by atoms with van der Waals surface area (Å²) in [7, 11) is 0. The van der Waals surface area contributed by atoms with Crippen LogP contribution in [0.2, 0.25) is 0 Å². The van der Waals surface area contributed by atoms with Gasteiger partial charge >= 0.3 is 0 Å². The Hall–Kier alpha value is -1.09. The molecule has 0 aliphatic carbocycles. The van der Waals surface area contributed by atoms with E-state index in [-0.39, 0.29) is 6.61 Å². The number of pyridine rings is 1. The van der Waals surface area contributed by atoms with Crippen molar-refractivity contribution in [2.75, 3.05) is 18.0 Å². The molecular formula is C15H26N2O.